The Bertz CT molecular complexity index is 441. The monoisotopic (exact) mass is 250 g/mol. The zero-order valence-corrected chi connectivity index (χ0v) is 9.93. The molecular formula is C9H11ClO4S. The number of hydrogen-bond donors (Lipinski definition) is 0. The molecule has 0 aliphatic heterocycles. The molecule has 4 nitrogen and oxygen atoms in total. The quantitative estimate of drug-likeness (QED) is 0.605. The van der Waals surface area contributed by atoms with Gasteiger partial charge in [0.05, 0.1) is 0 Å². The van der Waals surface area contributed by atoms with Gasteiger partial charge in [0, 0.05) is 17.8 Å². The maximum atomic E-state index is 11.2. The standard InChI is InChI=1S/C9H11ClO4S/c1-7-3-4-8(14-6-13-2)9(5-7)15(10,11)12/h3-5H,6H2,1-2H3. The van der Waals surface area contributed by atoms with Crippen LogP contribution >= 0.6 is 10.7 Å². The second kappa shape index (κ2) is 4.83. The Morgan fingerprint density at radius 2 is 2.07 bits per heavy atom. The molecule has 0 saturated carbocycles. The van der Waals surface area contributed by atoms with Crippen LogP contribution < -0.4 is 4.74 Å². The van der Waals surface area contributed by atoms with Gasteiger partial charge in [-0.1, -0.05) is 6.07 Å². The fourth-order valence-electron chi connectivity index (χ4n) is 1.05. The summed E-state index contributed by atoms with van der Waals surface area (Å²) in [5, 5.41) is 0. The number of methoxy groups -OCH3 is 1. The summed E-state index contributed by atoms with van der Waals surface area (Å²) in [7, 11) is 2.92. The zero-order chi connectivity index (χ0) is 11.5. The first-order valence-electron chi connectivity index (χ1n) is 4.12. The fraction of sp³-hybridized carbons (Fsp3) is 0.333. The van der Waals surface area contributed by atoms with E-state index in [-0.39, 0.29) is 17.4 Å². The molecule has 1 aromatic rings. The summed E-state index contributed by atoms with van der Waals surface area (Å²) in [6.45, 7) is 1.74. The predicted molar refractivity (Wildman–Crippen MR) is 56.7 cm³/mol. The van der Waals surface area contributed by atoms with Gasteiger partial charge in [-0.3, -0.25) is 0 Å². The van der Waals surface area contributed by atoms with Crippen molar-refractivity contribution in [3.8, 4) is 5.75 Å². The summed E-state index contributed by atoms with van der Waals surface area (Å²) in [4.78, 5) is -0.0405. The van der Waals surface area contributed by atoms with Crippen molar-refractivity contribution in [1.29, 1.82) is 0 Å². The second-order valence-corrected chi connectivity index (χ2v) is 5.47. The molecule has 0 aromatic heterocycles. The average Bonchev–Trinajstić information content (AvgIpc) is 2.14. The topological polar surface area (TPSA) is 52.6 Å². The Balaban J connectivity index is 3.15. The molecule has 0 unspecified atom stereocenters. The van der Waals surface area contributed by atoms with Gasteiger partial charge in [0.25, 0.3) is 9.05 Å². The molecule has 0 N–H and O–H groups in total. The smallest absolute Gasteiger partial charge is 0.264 e. The van der Waals surface area contributed by atoms with Crippen LogP contribution in [0, 0.1) is 6.92 Å². The first kappa shape index (κ1) is 12.3. The van der Waals surface area contributed by atoms with E-state index >= 15 is 0 Å². The van der Waals surface area contributed by atoms with E-state index in [9.17, 15) is 8.42 Å². The van der Waals surface area contributed by atoms with Crippen molar-refractivity contribution < 1.29 is 17.9 Å². The first-order valence-corrected chi connectivity index (χ1v) is 6.43. The zero-order valence-electron chi connectivity index (χ0n) is 8.36. The highest BCUT2D eigenvalue weighted by Gasteiger charge is 2.16. The van der Waals surface area contributed by atoms with Crippen LogP contribution in [0.3, 0.4) is 0 Å². The van der Waals surface area contributed by atoms with Gasteiger partial charge in [-0.25, -0.2) is 8.42 Å². The van der Waals surface area contributed by atoms with Crippen LogP contribution in [0.1, 0.15) is 5.56 Å². The van der Waals surface area contributed by atoms with Gasteiger partial charge >= 0.3 is 0 Å². The van der Waals surface area contributed by atoms with Gasteiger partial charge in [-0.15, -0.1) is 0 Å². The minimum Gasteiger partial charge on any atom is -0.466 e. The number of hydrogen-bond acceptors (Lipinski definition) is 4. The van der Waals surface area contributed by atoms with Gasteiger partial charge in [0.15, 0.2) is 6.79 Å². The molecule has 1 rings (SSSR count). The summed E-state index contributed by atoms with van der Waals surface area (Å²) in [6.07, 6.45) is 0. The third-order valence-electron chi connectivity index (χ3n) is 1.69. The molecule has 0 heterocycles. The molecule has 6 heteroatoms. The van der Waals surface area contributed by atoms with Gasteiger partial charge in [0.2, 0.25) is 0 Å². The van der Waals surface area contributed by atoms with Crippen molar-refractivity contribution in [3.63, 3.8) is 0 Å². The third-order valence-corrected chi connectivity index (χ3v) is 3.04. The molecule has 0 atom stereocenters. The predicted octanol–water partition coefficient (Wildman–Crippen LogP) is 1.91. The Morgan fingerprint density at radius 3 is 2.60 bits per heavy atom. The molecule has 0 fully saturated rings. The van der Waals surface area contributed by atoms with Crippen molar-refractivity contribution in [2.24, 2.45) is 0 Å². The van der Waals surface area contributed by atoms with E-state index in [4.69, 9.17) is 15.4 Å². The van der Waals surface area contributed by atoms with E-state index in [0.29, 0.717) is 0 Å². The Morgan fingerprint density at radius 1 is 1.40 bits per heavy atom. The van der Waals surface area contributed by atoms with Crippen molar-refractivity contribution >= 4 is 19.7 Å². The van der Waals surface area contributed by atoms with Gasteiger partial charge in [-0.2, -0.15) is 0 Å². The normalized spacial score (nSPS) is 11.4. The fourth-order valence-corrected chi connectivity index (χ4v) is 2.10. The highest BCUT2D eigenvalue weighted by atomic mass is 35.7. The number of ether oxygens (including phenoxy) is 2. The molecular weight excluding hydrogens is 240 g/mol. The molecule has 0 bridgehead atoms. The average molecular weight is 251 g/mol. The number of benzene rings is 1. The van der Waals surface area contributed by atoms with Crippen LogP contribution in [-0.2, 0) is 13.8 Å². The molecule has 0 spiro atoms. The summed E-state index contributed by atoms with van der Waals surface area (Å²) < 4.78 is 32.2. The Kier molecular flexibility index (Phi) is 3.96. The lowest BCUT2D eigenvalue weighted by molar-refractivity contribution is 0.0490. The van der Waals surface area contributed by atoms with E-state index in [1.54, 1.807) is 19.1 Å². The lowest BCUT2D eigenvalue weighted by atomic mass is 10.2. The van der Waals surface area contributed by atoms with Crippen LogP contribution in [0.5, 0.6) is 5.75 Å². The lowest BCUT2D eigenvalue weighted by Gasteiger charge is -2.08. The van der Waals surface area contributed by atoms with Gasteiger partial charge < -0.3 is 9.47 Å². The van der Waals surface area contributed by atoms with Crippen LogP contribution in [0.15, 0.2) is 23.1 Å². The van der Waals surface area contributed by atoms with Crippen LogP contribution in [-0.4, -0.2) is 22.3 Å². The highest BCUT2D eigenvalue weighted by Crippen LogP contribution is 2.27. The van der Waals surface area contributed by atoms with E-state index in [1.807, 2.05) is 0 Å². The minimum atomic E-state index is -3.79. The summed E-state index contributed by atoms with van der Waals surface area (Å²) >= 11 is 0. The van der Waals surface area contributed by atoms with Crippen LogP contribution in [0.2, 0.25) is 0 Å². The molecule has 84 valence electrons. The van der Waals surface area contributed by atoms with Gasteiger partial charge in [0.1, 0.15) is 10.6 Å². The summed E-state index contributed by atoms with van der Waals surface area (Å²) in [5.41, 5.74) is 0.791. The van der Waals surface area contributed by atoms with Crippen molar-refractivity contribution in [2.75, 3.05) is 13.9 Å². The molecule has 0 saturated heterocycles. The molecule has 0 radical (unpaired) electrons. The molecule has 0 aliphatic rings. The van der Waals surface area contributed by atoms with E-state index in [1.165, 1.54) is 13.2 Å². The SMILES string of the molecule is COCOc1ccc(C)cc1S(=O)(=O)Cl. The number of aryl methyl sites for hydroxylation is 1. The molecule has 0 aliphatic carbocycles. The van der Waals surface area contributed by atoms with E-state index in [0.717, 1.165) is 5.56 Å². The summed E-state index contributed by atoms with van der Waals surface area (Å²) in [6, 6.07) is 4.73. The summed E-state index contributed by atoms with van der Waals surface area (Å²) in [5.74, 6) is 0.192. The molecule has 1 aromatic carbocycles. The molecule has 15 heavy (non-hydrogen) atoms. The number of halogens is 1. The van der Waals surface area contributed by atoms with Crippen molar-refractivity contribution in [1.82, 2.24) is 0 Å². The van der Waals surface area contributed by atoms with Crippen molar-refractivity contribution in [3.05, 3.63) is 23.8 Å². The van der Waals surface area contributed by atoms with E-state index in [2.05, 4.69) is 4.74 Å². The minimum absolute atomic E-state index is 0.0253. The Labute approximate surface area is 93.2 Å². The molecule has 0 amide bonds. The second-order valence-electron chi connectivity index (χ2n) is 2.94. The first-order chi connectivity index (χ1) is 6.95. The van der Waals surface area contributed by atoms with Crippen LogP contribution in [0.4, 0.5) is 0 Å². The van der Waals surface area contributed by atoms with Gasteiger partial charge in [-0.05, 0) is 24.6 Å². The Hall–Kier alpha value is -0.780. The highest BCUT2D eigenvalue weighted by molar-refractivity contribution is 8.13. The maximum Gasteiger partial charge on any atom is 0.264 e. The lowest BCUT2D eigenvalue weighted by Crippen LogP contribution is -2.03. The van der Waals surface area contributed by atoms with Crippen molar-refractivity contribution in [2.45, 2.75) is 11.8 Å². The third kappa shape index (κ3) is 3.37. The van der Waals surface area contributed by atoms with E-state index < -0.39 is 9.05 Å². The largest absolute Gasteiger partial charge is 0.466 e. The van der Waals surface area contributed by atoms with Crippen LogP contribution in [0.25, 0.3) is 0 Å². The number of rotatable bonds is 4. The maximum absolute atomic E-state index is 11.2.